The van der Waals surface area contributed by atoms with Gasteiger partial charge in [0.25, 0.3) is 0 Å². The summed E-state index contributed by atoms with van der Waals surface area (Å²) in [6.07, 6.45) is 1.80. The second-order valence-corrected chi connectivity index (χ2v) is 11.3. The first-order chi connectivity index (χ1) is 20.7. The van der Waals surface area contributed by atoms with Crippen LogP contribution in [0.2, 0.25) is 0 Å². The van der Waals surface area contributed by atoms with Gasteiger partial charge in [-0.05, 0) is 36.3 Å². The Morgan fingerprint density at radius 1 is 0.864 bits per heavy atom. The number of aromatic nitrogens is 1. The van der Waals surface area contributed by atoms with Crippen molar-refractivity contribution in [3.05, 3.63) is 36.0 Å². The van der Waals surface area contributed by atoms with E-state index in [4.69, 9.17) is 10.8 Å². The van der Waals surface area contributed by atoms with Crippen LogP contribution in [0, 0.1) is 11.8 Å². The van der Waals surface area contributed by atoms with Gasteiger partial charge >= 0.3 is 11.9 Å². The lowest BCUT2D eigenvalue weighted by Gasteiger charge is -2.28. The quantitative estimate of drug-likeness (QED) is 0.117. The second-order valence-electron chi connectivity index (χ2n) is 11.3. The van der Waals surface area contributed by atoms with E-state index in [0.29, 0.717) is 18.4 Å². The van der Waals surface area contributed by atoms with E-state index < -0.39 is 72.7 Å². The number of fused-ring (bicyclic) bond motifs is 1. The summed E-state index contributed by atoms with van der Waals surface area (Å²) in [7, 11) is 0. The maximum atomic E-state index is 13.7. The number of carbonyl (C=O) groups is 6. The maximum absolute atomic E-state index is 13.7. The van der Waals surface area contributed by atoms with Gasteiger partial charge in [-0.25, -0.2) is 0 Å². The molecule has 9 N–H and O–H groups in total. The van der Waals surface area contributed by atoms with Crippen LogP contribution in [-0.2, 0) is 35.2 Å². The van der Waals surface area contributed by atoms with Crippen LogP contribution in [0.1, 0.15) is 58.9 Å². The number of aliphatic carboxylic acids is 2. The van der Waals surface area contributed by atoms with Crippen LogP contribution in [-0.4, -0.2) is 81.5 Å². The van der Waals surface area contributed by atoms with Crippen LogP contribution >= 0.6 is 0 Å². The number of rotatable bonds is 18. The molecule has 0 aliphatic carbocycles. The van der Waals surface area contributed by atoms with E-state index in [1.54, 1.807) is 20.0 Å². The number of nitrogens with one attached hydrogen (secondary N) is 5. The Hall–Kier alpha value is -4.46. The molecule has 0 aliphatic rings. The third-order valence-electron chi connectivity index (χ3n) is 7.28. The number of carboxylic acid groups (broad SMARTS) is 2. The summed E-state index contributed by atoms with van der Waals surface area (Å²) in [6.45, 7) is 6.64. The number of benzene rings is 1. The number of hydrogen-bond donors (Lipinski definition) is 8. The fourth-order valence-corrected chi connectivity index (χ4v) is 4.66. The van der Waals surface area contributed by atoms with Crippen LogP contribution in [0.15, 0.2) is 30.5 Å². The van der Waals surface area contributed by atoms with Gasteiger partial charge in [0.15, 0.2) is 0 Å². The van der Waals surface area contributed by atoms with Gasteiger partial charge in [0.05, 0.1) is 6.04 Å². The monoisotopic (exact) mass is 616 g/mol. The van der Waals surface area contributed by atoms with Gasteiger partial charge < -0.3 is 42.2 Å². The Morgan fingerprint density at radius 3 is 2.11 bits per heavy atom. The molecule has 5 atom stereocenters. The lowest BCUT2D eigenvalue weighted by Crippen LogP contribution is -2.59. The number of carboxylic acids is 2. The van der Waals surface area contributed by atoms with Crippen molar-refractivity contribution in [3.8, 4) is 0 Å². The van der Waals surface area contributed by atoms with Gasteiger partial charge in [-0.1, -0.05) is 52.3 Å². The number of H-pyrrole nitrogens is 1. The van der Waals surface area contributed by atoms with Crippen molar-refractivity contribution in [1.82, 2.24) is 26.3 Å². The largest absolute Gasteiger partial charge is 0.481 e. The van der Waals surface area contributed by atoms with Crippen LogP contribution in [0.5, 0.6) is 0 Å². The molecule has 1 aromatic heterocycles. The average molecular weight is 617 g/mol. The maximum Gasteiger partial charge on any atom is 0.322 e. The Kier molecular flexibility index (Phi) is 13.8. The Labute approximate surface area is 255 Å². The molecule has 1 heterocycles. The number of hydrogen-bond acceptors (Lipinski definition) is 7. The fraction of sp³-hybridized carbons (Fsp3) is 0.533. The molecular formula is C30H44N6O8. The first-order valence-corrected chi connectivity index (χ1v) is 14.7. The van der Waals surface area contributed by atoms with Gasteiger partial charge in [0.1, 0.15) is 24.7 Å². The number of aromatic amines is 1. The second kappa shape index (κ2) is 17.0. The minimum Gasteiger partial charge on any atom is -0.481 e. The number of carbonyl (C=O) groups excluding carboxylic acids is 4. The average Bonchev–Trinajstić information content (AvgIpc) is 3.37. The first-order valence-electron chi connectivity index (χ1n) is 14.7. The molecule has 2 rings (SSSR count). The molecule has 0 saturated carbocycles. The van der Waals surface area contributed by atoms with E-state index in [1.165, 1.54) is 0 Å². The molecule has 14 nitrogen and oxygen atoms in total. The van der Waals surface area contributed by atoms with E-state index in [9.17, 15) is 33.9 Å². The SMILES string of the molecule is CCC(C)C(NC(=O)C(Cc1c[nH]c2ccccc12)NC(=O)C(CCC(=O)O)NC(=O)C(N)CC(C)C)C(=O)NCC(=O)O. The molecule has 0 aliphatic heterocycles. The highest BCUT2D eigenvalue weighted by atomic mass is 16.4. The van der Waals surface area contributed by atoms with Gasteiger partial charge in [-0.3, -0.25) is 28.8 Å². The Morgan fingerprint density at radius 2 is 1.50 bits per heavy atom. The summed E-state index contributed by atoms with van der Waals surface area (Å²) in [6, 6.07) is 2.74. The standard InChI is InChI=1S/C30H44N6O8/c1-5-17(4)26(30(44)33-15-25(39)40)36-29(43)23(13-18-14-32-21-9-7-6-8-19(18)21)35-28(42)22(10-11-24(37)38)34-27(41)20(31)12-16(2)3/h6-9,14,16-17,20,22-23,26,32H,5,10-13,15,31H2,1-4H3,(H,33,44)(H,34,41)(H,35,42)(H,36,43)(H,37,38)(H,39,40). The molecule has 4 amide bonds. The van der Waals surface area contributed by atoms with Gasteiger partial charge in [-0.2, -0.15) is 0 Å². The predicted molar refractivity (Wildman–Crippen MR) is 162 cm³/mol. The van der Waals surface area contributed by atoms with Crippen molar-refractivity contribution < 1.29 is 39.0 Å². The summed E-state index contributed by atoms with van der Waals surface area (Å²) in [5.41, 5.74) is 7.46. The highest BCUT2D eigenvalue weighted by Crippen LogP contribution is 2.20. The van der Waals surface area contributed by atoms with Gasteiger partial charge in [0.2, 0.25) is 23.6 Å². The smallest absolute Gasteiger partial charge is 0.322 e. The van der Waals surface area contributed by atoms with E-state index >= 15 is 0 Å². The zero-order chi connectivity index (χ0) is 33.0. The van der Waals surface area contributed by atoms with Crippen molar-refractivity contribution >= 4 is 46.5 Å². The Bertz CT molecular complexity index is 1330. The highest BCUT2D eigenvalue weighted by Gasteiger charge is 2.33. The molecule has 0 radical (unpaired) electrons. The molecule has 242 valence electrons. The van der Waals surface area contributed by atoms with E-state index in [-0.39, 0.29) is 24.7 Å². The summed E-state index contributed by atoms with van der Waals surface area (Å²) in [5.74, 6) is -5.57. The highest BCUT2D eigenvalue weighted by molar-refractivity contribution is 5.96. The third kappa shape index (κ3) is 11.0. The lowest BCUT2D eigenvalue weighted by atomic mass is 9.97. The minimum atomic E-state index is -1.31. The Balaban J connectivity index is 2.39. The van der Waals surface area contributed by atoms with Crippen LogP contribution in [0.25, 0.3) is 10.9 Å². The molecule has 0 bridgehead atoms. The zero-order valence-electron chi connectivity index (χ0n) is 25.5. The van der Waals surface area contributed by atoms with Crippen molar-refractivity contribution in [2.24, 2.45) is 17.6 Å². The summed E-state index contributed by atoms with van der Waals surface area (Å²) < 4.78 is 0. The summed E-state index contributed by atoms with van der Waals surface area (Å²) in [5, 5.41) is 29.1. The predicted octanol–water partition coefficient (Wildman–Crippen LogP) is 0.650. The van der Waals surface area contributed by atoms with Crippen LogP contribution in [0.4, 0.5) is 0 Å². The fourth-order valence-electron chi connectivity index (χ4n) is 4.66. The number of amides is 4. The van der Waals surface area contributed by atoms with Crippen LogP contribution < -0.4 is 27.0 Å². The molecule has 44 heavy (non-hydrogen) atoms. The van der Waals surface area contributed by atoms with Crippen molar-refractivity contribution in [1.29, 1.82) is 0 Å². The molecule has 0 saturated heterocycles. The van der Waals surface area contributed by atoms with E-state index in [2.05, 4.69) is 26.3 Å². The zero-order valence-corrected chi connectivity index (χ0v) is 25.5. The third-order valence-corrected chi connectivity index (χ3v) is 7.28. The normalized spacial score (nSPS) is 14.6. The molecule has 14 heteroatoms. The minimum absolute atomic E-state index is 0.0159. The van der Waals surface area contributed by atoms with E-state index in [0.717, 1.165) is 10.9 Å². The topological polar surface area (TPSA) is 233 Å². The molecular weight excluding hydrogens is 572 g/mol. The van der Waals surface area contributed by atoms with Gasteiger partial charge in [0, 0.05) is 29.9 Å². The van der Waals surface area contributed by atoms with Crippen molar-refractivity contribution in [2.45, 2.75) is 84.0 Å². The molecule has 5 unspecified atom stereocenters. The molecule has 0 spiro atoms. The number of para-hydroxylation sites is 1. The molecule has 1 aromatic carbocycles. The summed E-state index contributed by atoms with van der Waals surface area (Å²) in [4.78, 5) is 78.3. The van der Waals surface area contributed by atoms with E-state index in [1.807, 2.05) is 38.1 Å². The molecule has 0 fully saturated rings. The first kappa shape index (κ1) is 35.7. The summed E-state index contributed by atoms with van der Waals surface area (Å²) >= 11 is 0. The van der Waals surface area contributed by atoms with Crippen molar-refractivity contribution in [3.63, 3.8) is 0 Å². The number of nitrogens with two attached hydrogens (primary N) is 1. The van der Waals surface area contributed by atoms with Gasteiger partial charge in [-0.15, -0.1) is 0 Å². The molecule has 2 aromatic rings. The van der Waals surface area contributed by atoms with Crippen molar-refractivity contribution in [2.75, 3.05) is 6.54 Å². The van der Waals surface area contributed by atoms with Crippen LogP contribution in [0.3, 0.4) is 0 Å². The lowest BCUT2D eigenvalue weighted by molar-refractivity contribution is -0.139.